The number of halogens is 2. The van der Waals surface area contributed by atoms with E-state index in [-0.39, 0.29) is 33.8 Å². The number of likely N-dealkylation sites (N-methyl/N-ethyl adjacent to an activating group) is 1. The lowest BCUT2D eigenvalue weighted by molar-refractivity contribution is -0.384. The van der Waals surface area contributed by atoms with Crippen molar-refractivity contribution in [1.82, 2.24) is 14.4 Å². The Labute approximate surface area is 262 Å². The number of carboxylic acid groups (broad SMARTS) is 1. The molecule has 1 fully saturated rings. The Morgan fingerprint density at radius 2 is 1.59 bits per heavy atom. The van der Waals surface area contributed by atoms with Crippen LogP contribution in [0.3, 0.4) is 0 Å². The Hall–Kier alpha value is -5.26. The predicted molar refractivity (Wildman–Crippen MR) is 171 cm³/mol. The van der Waals surface area contributed by atoms with Gasteiger partial charge in [-0.2, -0.15) is 0 Å². The van der Waals surface area contributed by atoms with E-state index >= 15 is 4.39 Å². The van der Waals surface area contributed by atoms with Crippen molar-refractivity contribution in [2.45, 2.75) is 13.0 Å². The summed E-state index contributed by atoms with van der Waals surface area (Å²) in [5.74, 6) is -3.43. The van der Waals surface area contributed by atoms with Crippen molar-refractivity contribution in [1.29, 1.82) is 0 Å². The van der Waals surface area contributed by atoms with Crippen LogP contribution in [0.5, 0.6) is 0 Å². The van der Waals surface area contributed by atoms with E-state index in [1.165, 1.54) is 0 Å². The molecule has 46 heavy (non-hydrogen) atoms. The van der Waals surface area contributed by atoms with Gasteiger partial charge in [0.2, 0.25) is 5.43 Å². The molecule has 234 valence electrons. The highest BCUT2D eigenvalue weighted by molar-refractivity contribution is 5.99. The number of aromatic carboxylic acids is 1. The fourth-order valence-corrected chi connectivity index (χ4v) is 6.36. The summed E-state index contributed by atoms with van der Waals surface area (Å²) in [6, 6.07) is 21.3. The summed E-state index contributed by atoms with van der Waals surface area (Å²) in [6.07, 6.45) is 0.968. The van der Waals surface area contributed by atoms with Crippen LogP contribution in [0, 0.1) is 28.7 Å². The molecular weight excluding hydrogens is 594 g/mol. The molecule has 5 aromatic rings. The van der Waals surface area contributed by atoms with Crippen LogP contribution in [-0.2, 0) is 0 Å². The van der Waals surface area contributed by atoms with Gasteiger partial charge in [-0.25, -0.2) is 13.6 Å². The number of nitrogens with zero attached hydrogens (tertiary/aromatic N) is 4. The van der Waals surface area contributed by atoms with Gasteiger partial charge in [0.15, 0.2) is 0 Å². The molecule has 1 aliphatic heterocycles. The van der Waals surface area contributed by atoms with Gasteiger partial charge >= 0.3 is 5.97 Å². The first-order valence-electron chi connectivity index (χ1n) is 14.7. The van der Waals surface area contributed by atoms with Crippen molar-refractivity contribution in [2.75, 3.05) is 33.2 Å². The fraction of sp³-hybridized carbons (Fsp3) is 0.200. The number of carboxylic acids is 1. The average molecular weight is 625 g/mol. The molecule has 4 aromatic carbocycles. The minimum Gasteiger partial charge on any atom is -0.477 e. The number of aromatic nitrogens is 1. The second kappa shape index (κ2) is 12.3. The zero-order chi connectivity index (χ0) is 32.7. The van der Waals surface area contributed by atoms with Gasteiger partial charge in [0.1, 0.15) is 17.2 Å². The minimum atomic E-state index is -1.59. The Kier molecular flexibility index (Phi) is 8.20. The Morgan fingerprint density at radius 1 is 0.935 bits per heavy atom. The number of benzene rings is 4. The fourth-order valence-electron chi connectivity index (χ4n) is 6.36. The largest absolute Gasteiger partial charge is 0.477 e. The van der Waals surface area contributed by atoms with Crippen molar-refractivity contribution in [3.63, 3.8) is 0 Å². The minimum absolute atomic E-state index is 0.0438. The number of pyridine rings is 1. The predicted octanol–water partition coefficient (Wildman–Crippen LogP) is 6.19. The first-order valence-corrected chi connectivity index (χ1v) is 14.7. The maximum Gasteiger partial charge on any atom is 0.341 e. The summed E-state index contributed by atoms with van der Waals surface area (Å²) in [5.41, 5.74) is 0.847. The molecule has 1 unspecified atom stereocenters. The normalized spacial score (nSPS) is 14.8. The van der Waals surface area contributed by atoms with Gasteiger partial charge < -0.3 is 14.6 Å². The van der Waals surface area contributed by atoms with E-state index in [2.05, 4.69) is 29.0 Å². The topological polar surface area (TPSA) is 109 Å². The number of carbonyl (C=O) groups is 1. The van der Waals surface area contributed by atoms with Crippen molar-refractivity contribution in [3.8, 4) is 16.8 Å². The molecule has 0 spiro atoms. The number of nitro groups is 1. The van der Waals surface area contributed by atoms with Crippen LogP contribution in [0.4, 0.5) is 14.5 Å². The molecule has 1 saturated heterocycles. The Morgan fingerprint density at radius 3 is 2.20 bits per heavy atom. The summed E-state index contributed by atoms with van der Waals surface area (Å²) in [4.78, 5) is 41.8. The highest BCUT2D eigenvalue weighted by Crippen LogP contribution is 2.40. The second-order valence-electron chi connectivity index (χ2n) is 11.5. The molecule has 1 aliphatic rings. The number of hydrogen-bond acceptors (Lipinski definition) is 6. The van der Waals surface area contributed by atoms with E-state index in [9.17, 15) is 29.2 Å². The van der Waals surface area contributed by atoms with E-state index in [4.69, 9.17) is 0 Å². The maximum absolute atomic E-state index is 15.1. The van der Waals surface area contributed by atoms with Gasteiger partial charge in [0, 0.05) is 44.5 Å². The van der Waals surface area contributed by atoms with Crippen LogP contribution in [0.2, 0.25) is 0 Å². The first-order chi connectivity index (χ1) is 22.0. The van der Waals surface area contributed by atoms with Crippen LogP contribution in [-0.4, -0.2) is 63.6 Å². The lowest BCUT2D eigenvalue weighted by Gasteiger charge is -2.38. The smallest absolute Gasteiger partial charge is 0.341 e. The van der Waals surface area contributed by atoms with Crippen LogP contribution < -0.4 is 5.43 Å². The summed E-state index contributed by atoms with van der Waals surface area (Å²) >= 11 is 0. The van der Waals surface area contributed by atoms with E-state index in [1.54, 1.807) is 19.1 Å². The van der Waals surface area contributed by atoms with Crippen LogP contribution in [0.25, 0.3) is 27.7 Å². The molecule has 1 atom stereocenters. The van der Waals surface area contributed by atoms with Gasteiger partial charge in [-0.3, -0.25) is 19.8 Å². The van der Waals surface area contributed by atoms with Crippen LogP contribution in [0.1, 0.15) is 33.1 Å². The van der Waals surface area contributed by atoms with Crippen molar-refractivity contribution < 1.29 is 23.6 Å². The standard InChI is InChI=1S/C35H30F2N4O5/c1-21-31(22-8-10-24(11-9-22)33(23-6-4-3-5-7-23)39-16-14-38(2)15-17-39)30(41(45)46)19-26-32(21)40(20-27(34(26)42)35(43)44)29-13-12-25(36)18-28(29)37/h3-13,18-20,33H,14-17H2,1-2H3,(H,43,44). The molecule has 1 aromatic heterocycles. The number of hydrogen-bond donors (Lipinski definition) is 1. The zero-order valence-electron chi connectivity index (χ0n) is 25.1. The van der Waals surface area contributed by atoms with Gasteiger partial charge in [0.25, 0.3) is 5.69 Å². The van der Waals surface area contributed by atoms with Gasteiger partial charge in [-0.1, -0.05) is 54.6 Å². The third-order valence-corrected chi connectivity index (χ3v) is 8.64. The summed E-state index contributed by atoms with van der Waals surface area (Å²) < 4.78 is 30.1. The van der Waals surface area contributed by atoms with Crippen molar-refractivity contribution >= 4 is 22.6 Å². The quantitative estimate of drug-likeness (QED) is 0.170. The molecule has 0 radical (unpaired) electrons. The van der Waals surface area contributed by atoms with Crippen molar-refractivity contribution in [2.24, 2.45) is 0 Å². The van der Waals surface area contributed by atoms with Gasteiger partial charge in [-0.05, 0) is 48.4 Å². The molecule has 2 heterocycles. The van der Waals surface area contributed by atoms with Crippen LogP contribution >= 0.6 is 0 Å². The molecular formula is C35H30F2N4O5. The van der Waals surface area contributed by atoms with Gasteiger partial charge in [0.05, 0.1) is 33.1 Å². The molecule has 0 amide bonds. The van der Waals surface area contributed by atoms with Crippen LogP contribution in [0.15, 0.2) is 89.9 Å². The number of aryl methyl sites for hydroxylation is 1. The lowest BCUT2D eigenvalue weighted by atomic mass is 9.91. The van der Waals surface area contributed by atoms with Gasteiger partial charge in [-0.15, -0.1) is 0 Å². The molecule has 1 N–H and O–H groups in total. The molecule has 6 rings (SSSR count). The Balaban J connectivity index is 1.56. The molecule has 0 aliphatic carbocycles. The summed E-state index contributed by atoms with van der Waals surface area (Å²) in [6.45, 7) is 5.13. The zero-order valence-corrected chi connectivity index (χ0v) is 25.1. The second-order valence-corrected chi connectivity index (χ2v) is 11.5. The number of nitro benzene ring substituents is 1. The van der Waals surface area contributed by atoms with E-state index in [0.29, 0.717) is 11.6 Å². The summed E-state index contributed by atoms with van der Waals surface area (Å²) in [5, 5.41) is 21.9. The van der Waals surface area contributed by atoms with E-state index in [0.717, 1.165) is 66.3 Å². The number of fused-ring (bicyclic) bond motifs is 1. The highest BCUT2D eigenvalue weighted by Gasteiger charge is 2.28. The molecule has 9 nitrogen and oxygen atoms in total. The molecule has 0 saturated carbocycles. The highest BCUT2D eigenvalue weighted by atomic mass is 19.1. The first kappa shape index (κ1) is 30.8. The van der Waals surface area contributed by atoms with E-state index in [1.807, 2.05) is 30.3 Å². The lowest BCUT2D eigenvalue weighted by Crippen LogP contribution is -2.46. The maximum atomic E-state index is 15.1. The Bertz CT molecular complexity index is 2040. The third-order valence-electron chi connectivity index (χ3n) is 8.64. The third kappa shape index (κ3) is 5.55. The SMILES string of the molecule is Cc1c(-c2ccc(C(c3ccccc3)N3CCN(C)CC3)cc2)c([N+](=O)[O-])cc2c(=O)c(C(=O)O)cn(-c3ccc(F)cc3F)c12. The van der Waals surface area contributed by atoms with Crippen molar-refractivity contribution in [3.05, 3.63) is 139 Å². The molecule has 0 bridgehead atoms. The van der Waals surface area contributed by atoms with E-state index < -0.39 is 39.2 Å². The number of piperazine rings is 1. The average Bonchev–Trinajstić information content (AvgIpc) is 3.03. The molecule has 11 heteroatoms. The number of rotatable bonds is 7. The monoisotopic (exact) mass is 624 g/mol. The summed E-state index contributed by atoms with van der Waals surface area (Å²) in [7, 11) is 2.09.